The Morgan fingerprint density at radius 2 is 2.03 bits per heavy atom. The molecule has 29 heavy (non-hydrogen) atoms. The number of methoxy groups -OCH3 is 1. The van der Waals surface area contributed by atoms with Gasteiger partial charge >= 0.3 is 5.97 Å². The number of Topliss-reactive ketones (excluding diaryl/α,β-unsaturated/α-hetero) is 1. The first kappa shape index (κ1) is 18.4. The molecule has 0 fully saturated rings. The Bertz CT molecular complexity index is 1140. The summed E-state index contributed by atoms with van der Waals surface area (Å²) in [5.41, 5.74) is 0.374. The zero-order chi connectivity index (χ0) is 20.5. The van der Waals surface area contributed by atoms with Gasteiger partial charge < -0.3 is 10.1 Å². The summed E-state index contributed by atoms with van der Waals surface area (Å²) in [6.07, 6.45) is 0. The fourth-order valence-corrected chi connectivity index (χ4v) is 3.69. The molecule has 0 spiro atoms. The Balaban J connectivity index is 1.93. The molecule has 1 aliphatic heterocycles. The molecular weight excluding hydrogens is 400 g/mol. The van der Waals surface area contributed by atoms with Gasteiger partial charge in [0.05, 0.1) is 22.5 Å². The van der Waals surface area contributed by atoms with Crippen molar-refractivity contribution in [2.45, 2.75) is 6.04 Å². The Morgan fingerprint density at radius 1 is 1.28 bits per heavy atom. The second kappa shape index (κ2) is 7.24. The molecule has 1 N–H and O–H groups in total. The Labute approximate surface area is 166 Å². The number of nitro groups is 1. The molecule has 0 amide bonds. The van der Waals surface area contributed by atoms with Gasteiger partial charge in [0, 0.05) is 12.1 Å². The minimum atomic E-state index is -0.884. The maximum absolute atomic E-state index is 13.3. The predicted octanol–water partition coefficient (Wildman–Crippen LogP) is 1.97. The second-order valence-corrected chi connectivity index (χ2v) is 6.86. The summed E-state index contributed by atoms with van der Waals surface area (Å²) < 4.78 is 6.18. The summed E-state index contributed by atoms with van der Waals surface area (Å²) in [6.45, 7) is 0. The number of allylic oxidation sites excluding steroid dienone is 1. The number of rotatable bonds is 5. The van der Waals surface area contributed by atoms with Crippen molar-refractivity contribution in [2.75, 3.05) is 12.4 Å². The fraction of sp³-hybridized carbons (Fsp3) is 0.118. The minimum Gasteiger partial charge on any atom is -0.464 e. The average Bonchev–Trinajstić information content (AvgIpc) is 3.43. The Kier molecular flexibility index (Phi) is 4.60. The van der Waals surface area contributed by atoms with Gasteiger partial charge in [0.15, 0.2) is 0 Å². The normalized spacial score (nSPS) is 15.4. The zero-order valence-electron chi connectivity index (χ0n) is 14.8. The van der Waals surface area contributed by atoms with Crippen molar-refractivity contribution in [2.24, 2.45) is 0 Å². The SMILES string of the molecule is COC(=O)C1=C(C(=O)c2cccs2)[C@@H](c2ccc([N+](=O)[O-])cc2)n2nnnc2N1. The van der Waals surface area contributed by atoms with Crippen molar-refractivity contribution in [1.82, 2.24) is 20.2 Å². The first-order valence-electron chi connectivity index (χ1n) is 8.21. The molecule has 0 saturated carbocycles. The van der Waals surface area contributed by atoms with Crippen LogP contribution in [0.3, 0.4) is 0 Å². The molecule has 1 aromatic carbocycles. The van der Waals surface area contributed by atoms with Crippen molar-refractivity contribution in [1.29, 1.82) is 0 Å². The fourth-order valence-electron chi connectivity index (χ4n) is 3.02. The van der Waals surface area contributed by atoms with Gasteiger partial charge in [-0.25, -0.2) is 4.79 Å². The molecular formula is C17H12N6O5S. The van der Waals surface area contributed by atoms with Crippen LogP contribution in [0, 0.1) is 10.1 Å². The van der Waals surface area contributed by atoms with Gasteiger partial charge in [-0.2, -0.15) is 4.68 Å². The van der Waals surface area contributed by atoms with Crippen LogP contribution in [-0.4, -0.2) is 44.0 Å². The van der Waals surface area contributed by atoms with Gasteiger partial charge in [-0.1, -0.05) is 11.2 Å². The van der Waals surface area contributed by atoms with E-state index in [1.54, 1.807) is 17.5 Å². The van der Waals surface area contributed by atoms with Crippen molar-refractivity contribution in [3.05, 3.63) is 73.6 Å². The number of carbonyl (C=O) groups is 2. The molecule has 1 atom stereocenters. The van der Waals surface area contributed by atoms with Gasteiger partial charge in [0.2, 0.25) is 11.7 Å². The molecule has 0 saturated heterocycles. The summed E-state index contributed by atoms with van der Waals surface area (Å²) in [4.78, 5) is 36.6. The lowest BCUT2D eigenvalue weighted by atomic mass is 9.91. The topological polar surface area (TPSA) is 142 Å². The number of thiophene rings is 1. The number of non-ortho nitro benzene ring substituents is 1. The van der Waals surface area contributed by atoms with E-state index in [-0.39, 0.29) is 22.9 Å². The molecule has 0 radical (unpaired) electrons. The summed E-state index contributed by atoms with van der Waals surface area (Å²) in [6, 6.07) is 8.09. The molecule has 0 aliphatic carbocycles. The number of tetrazole rings is 1. The van der Waals surface area contributed by atoms with Crippen LogP contribution < -0.4 is 5.32 Å². The number of fused-ring (bicyclic) bond motifs is 1. The van der Waals surface area contributed by atoms with E-state index in [4.69, 9.17) is 4.74 Å². The number of carbonyl (C=O) groups excluding carboxylic acids is 2. The molecule has 1 aliphatic rings. The van der Waals surface area contributed by atoms with E-state index in [9.17, 15) is 19.7 Å². The van der Waals surface area contributed by atoms with E-state index in [1.165, 1.54) is 47.4 Å². The van der Waals surface area contributed by atoms with Crippen LogP contribution in [0.2, 0.25) is 0 Å². The smallest absolute Gasteiger partial charge is 0.355 e. The first-order valence-corrected chi connectivity index (χ1v) is 9.09. The van der Waals surface area contributed by atoms with E-state index >= 15 is 0 Å². The number of hydrogen-bond acceptors (Lipinski definition) is 10. The second-order valence-electron chi connectivity index (χ2n) is 5.91. The number of benzene rings is 1. The van der Waals surface area contributed by atoms with E-state index < -0.39 is 22.7 Å². The van der Waals surface area contributed by atoms with E-state index in [0.29, 0.717) is 10.4 Å². The lowest BCUT2D eigenvalue weighted by Gasteiger charge is -2.27. The Hall–Kier alpha value is -3.93. The van der Waals surface area contributed by atoms with Crippen LogP contribution in [0.5, 0.6) is 0 Å². The van der Waals surface area contributed by atoms with Crippen LogP contribution in [0.4, 0.5) is 11.6 Å². The number of nitro benzene ring substituents is 1. The number of anilines is 1. The monoisotopic (exact) mass is 412 g/mol. The number of esters is 1. The predicted molar refractivity (Wildman–Crippen MR) is 100 cm³/mol. The molecule has 3 heterocycles. The Morgan fingerprint density at radius 3 is 2.66 bits per heavy atom. The molecule has 12 heteroatoms. The summed E-state index contributed by atoms with van der Waals surface area (Å²) in [5, 5.41) is 26.9. The van der Waals surface area contributed by atoms with Gasteiger partial charge in [-0.05, 0) is 39.6 Å². The minimum absolute atomic E-state index is 0.0768. The average molecular weight is 412 g/mol. The molecule has 3 aromatic rings. The highest BCUT2D eigenvalue weighted by Gasteiger charge is 2.38. The number of ether oxygens (including phenoxy) is 1. The largest absolute Gasteiger partial charge is 0.464 e. The third kappa shape index (κ3) is 3.14. The van der Waals surface area contributed by atoms with Crippen molar-refractivity contribution in [3.63, 3.8) is 0 Å². The maximum atomic E-state index is 13.3. The molecule has 0 bridgehead atoms. The lowest BCUT2D eigenvalue weighted by molar-refractivity contribution is -0.384. The molecule has 0 unspecified atom stereocenters. The highest BCUT2D eigenvalue weighted by Crippen LogP contribution is 2.37. The van der Waals surface area contributed by atoms with Gasteiger partial charge in [0.1, 0.15) is 11.7 Å². The quantitative estimate of drug-likeness (QED) is 0.288. The molecule has 2 aromatic heterocycles. The first-order chi connectivity index (χ1) is 14.0. The highest BCUT2D eigenvalue weighted by atomic mass is 32.1. The van der Waals surface area contributed by atoms with Crippen LogP contribution >= 0.6 is 11.3 Å². The molecule has 146 valence electrons. The number of nitrogens with one attached hydrogen (secondary N) is 1. The van der Waals surface area contributed by atoms with E-state index in [1.807, 2.05) is 0 Å². The van der Waals surface area contributed by atoms with Crippen LogP contribution in [0.1, 0.15) is 21.3 Å². The molecule has 11 nitrogen and oxygen atoms in total. The number of hydrogen-bond donors (Lipinski definition) is 1. The van der Waals surface area contributed by atoms with Gasteiger partial charge in [-0.15, -0.1) is 11.3 Å². The molecule has 4 rings (SSSR count). The zero-order valence-corrected chi connectivity index (χ0v) is 15.6. The summed E-state index contributed by atoms with van der Waals surface area (Å²) >= 11 is 1.22. The summed E-state index contributed by atoms with van der Waals surface area (Å²) in [5.74, 6) is -1.03. The number of ketones is 1. The van der Waals surface area contributed by atoms with Crippen molar-refractivity contribution < 1.29 is 19.2 Å². The third-order valence-corrected chi connectivity index (χ3v) is 5.18. The van der Waals surface area contributed by atoms with Gasteiger partial charge in [0.25, 0.3) is 5.69 Å². The van der Waals surface area contributed by atoms with E-state index in [0.717, 1.165) is 0 Å². The maximum Gasteiger partial charge on any atom is 0.355 e. The third-order valence-electron chi connectivity index (χ3n) is 4.32. The van der Waals surface area contributed by atoms with E-state index in [2.05, 4.69) is 20.8 Å². The van der Waals surface area contributed by atoms with Gasteiger partial charge in [-0.3, -0.25) is 14.9 Å². The summed E-state index contributed by atoms with van der Waals surface area (Å²) in [7, 11) is 1.20. The number of aromatic nitrogens is 4. The standard InChI is InChI=1S/C17H12N6O5S/c1-28-16(25)13-12(15(24)11-3-2-8-29-11)14(22-17(18-13)19-20-21-22)9-4-6-10(7-5-9)23(26)27/h2-8,14H,1H3,(H,18,19,21)/t14-/m1/s1. The van der Waals surface area contributed by atoms with Crippen LogP contribution in [0.25, 0.3) is 0 Å². The lowest BCUT2D eigenvalue weighted by Crippen LogP contribution is -2.32. The van der Waals surface area contributed by atoms with Crippen molar-refractivity contribution in [3.8, 4) is 0 Å². The highest BCUT2D eigenvalue weighted by molar-refractivity contribution is 7.12. The number of nitrogens with zero attached hydrogens (tertiary/aromatic N) is 5. The van der Waals surface area contributed by atoms with Crippen LogP contribution in [0.15, 0.2) is 53.0 Å². The van der Waals surface area contributed by atoms with Crippen molar-refractivity contribution >= 4 is 34.7 Å². The van der Waals surface area contributed by atoms with Crippen LogP contribution in [-0.2, 0) is 9.53 Å².